The van der Waals surface area contributed by atoms with Crippen molar-refractivity contribution in [1.29, 1.82) is 0 Å². The molecule has 1 aliphatic rings. The molecule has 4 nitrogen and oxygen atoms in total. The predicted molar refractivity (Wildman–Crippen MR) is 96.6 cm³/mol. The van der Waals surface area contributed by atoms with Crippen LogP contribution in [0.5, 0.6) is 11.5 Å². The SMILES string of the molecule is COc1cc(F)c(CN2CCN(C)[C@@H](c3ccccc3)C2)cc1OC. The Hall–Kier alpha value is -2.11. The Labute approximate surface area is 148 Å². The van der Waals surface area contributed by atoms with Crippen LogP contribution in [-0.2, 0) is 6.54 Å². The minimum atomic E-state index is -0.257. The van der Waals surface area contributed by atoms with E-state index in [-0.39, 0.29) is 5.82 Å². The largest absolute Gasteiger partial charge is 0.493 e. The summed E-state index contributed by atoms with van der Waals surface area (Å²) in [5.41, 5.74) is 1.93. The highest BCUT2D eigenvalue weighted by Crippen LogP contribution is 2.31. The van der Waals surface area contributed by atoms with Crippen molar-refractivity contribution in [2.75, 3.05) is 40.9 Å². The van der Waals surface area contributed by atoms with E-state index < -0.39 is 0 Å². The van der Waals surface area contributed by atoms with E-state index in [0.29, 0.717) is 29.6 Å². The van der Waals surface area contributed by atoms with Crippen molar-refractivity contribution < 1.29 is 13.9 Å². The molecule has 0 amide bonds. The summed E-state index contributed by atoms with van der Waals surface area (Å²) in [6.45, 7) is 3.29. The van der Waals surface area contributed by atoms with Crippen LogP contribution in [0.4, 0.5) is 4.39 Å². The molecule has 0 spiro atoms. The lowest BCUT2D eigenvalue weighted by Gasteiger charge is -2.39. The van der Waals surface area contributed by atoms with E-state index in [2.05, 4.69) is 41.1 Å². The van der Waals surface area contributed by atoms with E-state index in [1.807, 2.05) is 6.07 Å². The van der Waals surface area contributed by atoms with E-state index in [1.165, 1.54) is 18.7 Å². The summed E-state index contributed by atoms with van der Waals surface area (Å²) in [5.74, 6) is 0.727. The van der Waals surface area contributed by atoms with Gasteiger partial charge >= 0.3 is 0 Å². The molecule has 0 saturated carbocycles. The second-order valence-electron chi connectivity index (χ2n) is 6.44. The maximum absolute atomic E-state index is 14.4. The third-order valence-electron chi connectivity index (χ3n) is 4.86. The Kier molecular flexibility index (Phi) is 5.56. The van der Waals surface area contributed by atoms with Crippen LogP contribution in [0.3, 0.4) is 0 Å². The van der Waals surface area contributed by atoms with Gasteiger partial charge in [0.1, 0.15) is 5.82 Å². The molecule has 0 bridgehead atoms. The van der Waals surface area contributed by atoms with Crippen LogP contribution in [0.1, 0.15) is 17.2 Å². The molecule has 0 aromatic heterocycles. The topological polar surface area (TPSA) is 24.9 Å². The van der Waals surface area contributed by atoms with Gasteiger partial charge in [0.2, 0.25) is 0 Å². The van der Waals surface area contributed by atoms with Gasteiger partial charge in [-0.2, -0.15) is 0 Å². The molecule has 1 atom stereocenters. The summed E-state index contributed by atoms with van der Waals surface area (Å²) in [5, 5.41) is 0. The van der Waals surface area contributed by atoms with Gasteiger partial charge in [-0.1, -0.05) is 30.3 Å². The van der Waals surface area contributed by atoms with Gasteiger partial charge in [0.15, 0.2) is 11.5 Å². The first-order chi connectivity index (χ1) is 12.1. The number of piperazine rings is 1. The van der Waals surface area contributed by atoms with E-state index in [9.17, 15) is 4.39 Å². The van der Waals surface area contributed by atoms with Crippen LogP contribution < -0.4 is 9.47 Å². The normalized spacial score (nSPS) is 19.0. The van der Waals surface area contributed by atoms with Crippen molar-refractivity contribution in [3.05, 3.63) is 59.4 Å². The molecule has 3 rings (SSSR count). The minimum Gasteiger partial charge on any atom is -0.493 e. The monoisotopic (exact) mass is 344 g/mol. The molecule has 0 N–H and O–H groups in total. The molecule has 5 heteroatoms. The maximum Gasteiger partial charge on any atom is 0.163 e. The molecule has 1 fully saturated rings. The fourth-order valence-electron chi connectivity index (χ4n) is 3.37. The molecule has 0 aliphatic carbocycles. The first-order valence-electron chi connectivity index (χ1n) is 8.50. The van der Waals surface area contributed by atoms with Crippen LogP contribution in [0.2, 0.25) is 0 Å². The fourth-order valence-corrected chi connectivity index (χ4v) is 3.37. The minimum absolute atomic E-state index is 0.257. The number of ether oxygens (including phenoxy) is 2. The Morgan fingerprint density at radius 3 is 2.40 bits per heavy atom. The maximum atomic E-state index is 14.4. The quantitative estimate of drug-likeness (QED) is 0.831. The van der Waals surface area contributed by atoms with Gasteiger partial charge in [-0.15, -0.1) is 0 Å². The van der Waals surface area contributed by atoms with E-state index in [1.54, 1.807) is 13.2 Å². The number of rotatable bonds is 5. The molecular formula is C20H25FN2O2. The number of likely N-dealkylation sites (N-methyl/N-ethyl adjacent to an activating group) is 1. The van der Waals surface area contributed by atoms with Crippen molar-refractivity contribution in [2.45, 2.75) is 12.6 Å². The molecule has 1 saturated heterocycles. The number of nitrogens with zero attached hydrogens (tertiary/aromatic N) is 2. The van der Waals surface area contributed by atoms with Gasteiger partial charge < -0.3 is 9.47 Å². The molecule has 0 unspecified atom stereocenters. The second kappa shape index (κ2) is 7.85. The van der Waals surface area contributed by atoms with Crippen molar-refractivity contribution in [3.63, 3.8) is 0 Å². The average Bonchev–Trinajstić information content (AvgIpc) is 2.65. The standard InChI is InChI=1S/C20H25FN2O2/c1-22-9-10-23(14-18(22)15-7-5-4-6-8-15)13-16-11-19(24-2)20(25-3)12-17(16)21/h4-8,11-12,18H,9-10,13-14H2,1-3H3/t18-/m1/s1. The van der Waals surface area contributed by atoms with Crippen LogP contribution in [0, 0.1) is 5.82 Å². The highest BCUT2D eigenvalue weighted by Gasteiger charge is 2.26. The highest BCUT2D eigenvalue weighted by atomic mass is 19.1. The van der Waals surface area contributed by atoms with Gasteiger partial charge in [-0.25, -0.2) is 4.39 Å². The molecule has 134 valence electrons. The summed E-state index contributed by atoms with van der Waals surface area (Å²) in [7, 11) is 5.23. The molecule has 2 aromatic rings. The van der Waals surface area contributed by atoms with Crippen molar-refractivity contribution in [1.82, 2.24) is 9.80 Å². The first kappa shape index (κ1) is 17.7. The number of hydrogen-bond acceptors (Lipinski definition) is 4. The van der Waals surface area contributed by atoms with Gasteiger partial charge in [0.05, 0.1) is 14.2 Å². The van der Waals surface area contributed by atoms with Crippen LogP contribution in [0.25, 0.3) is 0 Å². The number of halogens is 1. The molecule has 1 aliphatic heterocycles. The first-order valence-corrected chi connectivity index (χ1v) is 8.50. The van der Waals surface area contributed by atoms with E-state index >= 15 is 0 Å². The smallest absolute Gasteiger partial charge is 0.163 e. The number of hydrogen-bond donors (Lipinski definition) is 0. The Bertz CT molecular complexity index is 708. The predicted octanol–water partition coefficient (Wildman–Crippen LogP) is 3.33. The molecule has 25 heavy (non-hydrogen) atoms. The lowest BCUT2D eigenvalue weighted by Crippen LogP contribution is -2.46. The van der Waals surface area contributed by atoms with Crippen molar-refractivity contribution >= 4 is 0 Å². The summed E-state index contributed by atoms with van der Waals surface area (Å²) in [6, 6.07) is 13.9. The van der Waals surface area contributed by atoms with Gasteiger partial charge in [0, 0.05) is 43.9 Å². The Balaban J connectivity index is 1.77. The zero-order valence-electron chi connectivity index (χ0n) is 15.0. The molecular weight excluding hydrogens is 319 g/mol. The van der Waals surface area contributed by atoms with Gasteiger partial charge in [-0.05, 0) is 18.7 Å². The third-order valence-corrected chi connectivity index (χ3v) is 4.86. The van der Waals surface area contributed by atoms with Crippen LogP contribution in [0.15, 0.2) is 42.5 Å². The van der Waals surface area contributed by atoms with Gasteiger partial charge in [-0.3, -0.25) is 9.80 Å². The lowest BCUT2D eigenvalue weighted by atomic mass is 10.0. The highest BCUT2D eigenvalue weighted by molar-refractivity contribution is 5.43. The molecule has 1 heterocycles. The number of methoxy groups -OCH3 is 2. The molecule has 0 radical (unpaired) electrons. The van der Waals surface area contributed by atoms with E-state index in [0.717, 1.165) is 19.6 Å². The Morgan fingerprint density at radius 1 is 1.04 bits per heavy atom. The third kappa shape index (κ3) is 3.94. The van der Waals surface area contributed by atoms with E-state index in [4.69, 9.17) is 9.47 Å². The lowest BCUT2D eigenvalue weighted by molar-refractivity contribution is 0.0896. The van der Waals surface area contributed by atoms with Gasteiger partial charge in [0.25, 0.3) is 0 Å². The van der Waals surface area contributed by atoms with Crippen LogP contribution in [-0.4, -0.2) is 50.7 Å². The zero-order chi connectivity index (χ0) is 17.8. The summed E-state index contributed by atoms with van der Waals surface area (Å²) in [6.07, 6.45) is 0. The zero-order valence-corrected chi connectivity index (χ0v) is 15.0. The number of benzene rings is 2. The summed E-state index contributed by atoms with van der Waals surface area (Å²) >= 11 is 0. The average molecular weight is 344 g/mol. The van der Waals surface area contributed by atoms with Crippen molar-refractivity contribution in [2.24, 2.45) is 0 Å². The second-order valence-corrected chi connectivity index (χ2v) is 6.44. The Morgan fingerprint density at radius 2 is 1.72 bits per heavy atom. The fraction of sp³-hybridized carbons (Fsp3) is 0.400. The summed E-state index contributed by atoms with van der Waals surface area (Å²) in [4.78, 5) is 4.65. The van der Waals surface area contributed by atoms with Crippen molar-refractivity contribution in [3.8, 4) is 11.5 Å². The van der Waals surface area contributed by atoms with Crippen LogP contribution >= 0.6 is 0 Å². The summed E-state index contributed by atoms with van der Waals surface area (Å²) < 4.78 is 24.9. The molecule has 2 aromatic carbocycles.